The molecule has 1 aliphatic rings. The first kappa shape index (κ1) is 35.9. The summed E-state index contributed by atoms with van der Waals surface area (Å²) < 4.78 is 38.7. The normalized spacial score (nSPS) is 22.0. The molecule has 6 N–H and O–H groups in total. The van der Waals surface area contributed by atoms with Crippen LogP contribution in [0.5, 0.6) is 0 Å². The van der Waals surface area contributed by atoms with Crippen molar-refractivity contribution in [1.29, 1.82) is 0 Å². The molecule has 1 aromatic rings. The minimum atomic E-state index is -4.42. The van der Waals surface area contributed by atoms with E-state index in [2.05, 4.69) is 10.2 Å². The van der Waals surface area contributed by atoms with E-state index in [9.17, 15) is 33.3 Å². The summed E-state index contributed by atoms with van der Waals surface area (Å²) in [4.78, 5) is 16.4. The van der Waals surface area contributed by atoms with Crippen molar-refractivity contribution in [1.82, 2.24) is 10.7 Å². The van der Waals surface area contributed by atoms with Crippen LogP contribution in [0.4, 0.5) is 13.2 Å². The number of aliphatic hydroxyl groups excluding tert-OH is 3. The number of carbonyl (C=O) groups excluding carboxylic acids is 1. The van der Waals surface area contributed by atoms with E-state index in [1.165, 1.54) is 6.07 Å². The van der Waals surface area contributed by atoms with Gasteiger partial charge >= 0.3 is 6.18 Å². The smallest absolute Gasteiger partial charge is 0.393 e. The highest BCUT2D eigenvalue weighted by atomic mass is 19.4. The highest BCUT2D eigenvalue weighted by Gasteiger charge is 2.39. The van der Waals surface area contributed by atoms with Gasteiger partial charge in [0.2, 0.25) is 5.91 Å². The first-order chi connectivity index (χ1) is 20.0. The van der Waals surface area contributed by atoms with Gasteiger partial charge in [-0.1, -0.05) is 55.3 Å². The van der Waals surface area contributed by atoms with E-state index in [0.717, 1.165) is 31.4 Å². The molecule has 12 heteroatoms. The maximum atomic E-state index is 12.9. The van der Waals surface area contributed by atoms with Crippen molar-refractivity contribution in [2.45, 2.75) is 95.1 Å². The number of allylic oxidation sites excluding steroid dienone is 2. The zero-order valence-corrected chi connectivity index (χ0v) is 23.8. The summed E-state index contributed by atoms with van der Waals surface area (Å²) in [7, 11) is 0. The number of nitrogens with zero attached hydrogens (tertiary/aromatic N) is 1. The van der Waals surface area contributed by atoms with Crippen LogP contribution in [0.1, 0.15) is 75.3 Å². The average Bonchev–Trinajstić information content (AvgIpc) is 3.20. The summed E-state index contributed by atoms with van der Waals surface area (Å²) in [5.74, 6) is -0.608. The summed E-state index contributed by atoms with van der Waals surface area (Å²) in [6, 6.07) is 5.03. The molecule has 2 rings (SSSR count). The number of alkyl halides is 3. The number of benzene rings is 1. The van der Waals surface area contributed by atoms with Gasteiger partial charge in [0.25, 0.3) is 0 Å². The minimum absolute atomic E-state index is 0.0194. The Morgan fingerprint density at radius 1 is 1.10 bits per heavy atom. The number of carbonyl (C=O) groups is 1. The van der Waals surface area contributed by atoms with Crippen molar-refractivity contribution in [2.75, 3.05) is 13.2 Å². The summed E-state index contributed by atoms with van der Waals surface area (Å²) in [5.41, 5.74) is -0.243. The third-order valence-electron chi connectivity index (χ3n) is 7.40. The molecular formula is C30H45F3N2O7. The monoisotopic (exact) mass is 602 g/mol. The molecule has 1 aromatic carbocycles. The Labute approximate surface area is 245 Å². The summed E-state index contributed by atoms with van der Waals surface area (Å²) in [6.45, 7) is 0.793. The molecule has 0 aliphatic heterocycles. The topological polar surface area (TPSA) is 143 Å². The van der Waals surface area contributed by atoms with Crippen molar-refractivity contribution in [2.24, 2.45) is 11.8 Å². The molecule has 1 saturated carbocycles. The Balaban J connectivity index is 1.65. The van der Waals surface area contributed by atoms with Crippen molar-refractivity contribution >= 4 is 5.91 Å². The van der Waals surface area contributed by atoms with Crippen LogP contribution in [0.2, 0.25) is 0 Å². The van der Waals surface area contributed by atoms with E-state index < -0.39 is 30.1 Å². The maximum Gasteiger partial charge on any atom is 0.416 e. The molecule has 9 nitrogen and oxygen atoms in total. The van der Waals surface area contributed by atoms with Crippen molar-refractivity contribution in [3.05, 3.63) is 59.7 Å². The first-order valence-electron chi connectivity index (χ1n) is 14.6. The molecule has 1 aliphatic carbocycles. The molecule has 1 fully saturated rings. The molecule has 0 aromatic heterocycles. The molecule has 42 heavy (non-hydrogen) atoms. The standard InChI is InChI=1S/C30H45F3N2O7/c31-30(32,33)23-11-9-10-22(20-23)14-15-24(36)16-17-26-25(27(37)21-28(26)38)12-5-1-2-6-13-29(39)34-18-7-3-4-8-19-42-35(40)41/h1,5,9-11,16-17,20,24-28,36-38,40-41H,2-4,6-8,12-15,18-19,21H2,(H,34,39)/b5-1-,17-16+/t24-,25+,26+,27-,28+/m0/s1. The molecule has 238 valence electrons. The Morgan fingerprint density at radius 3 is 2.60 bits per heavy atom. The molecule has 0 saturated heterocycles. The molecule has 0 bridgehead atoms. The van der Waals surface area contributed by atoms with E-state index in [4.69, 9.17) is 10.4 Å². The van der Waals surface area contributed by atoms with Gasteiger partial charge in [0.05, 0.1) is 35.9 Å². The molecule has 0 radical (unpaired) electrons. The number of unbranched alkanes of at least 4 members (excludes halogenated alkanes) is 4. The van der Waals surface area contributed by atoms with Crippen LogP contribution in [-0.2, 0) is 22.2 Å². The predicted octanol–water partition coefficient (Wildman–Crippen LogP) is 4.72. The SMILES string of the molecule is O=C(CCC/C=C\C[C@@H]1[C@@H](/C=C/[C@@H](O)CCc2cccc(C(F)(F)F)c2)[C@H](O)C[C@@H]1O)NCCCCCCON(O)O. The third-order valence-corrected chi connectivity index (χ3v) is 7.40. The van der Waals surface area contributed by atoms with E-state index >= 15 is 0 Å². The number of rotatable bonds is 19. The van der Waals surface area contributed by atoms with Crippen LogP contribution in [0, 0.1) is 11.8 Å². The highest BCUT2D eigenvalue weighted by Crippen LogP contribution is 2.36. The fraction of sp³-hybridized carbons (Fsp3) is 0.633. The lowest BCUT2D eigenvalue weighted by molar-refractivity contribution is -0.492. The minimum Gasteiger partial charge on any atom is -0.393 e. The van der Waals surface area contributed by atoms with Gasteiger partial charge in [-0.25, -0.2) is 0 Å². The zero-order valence-electron chi connectivity index (χ0n) is 23.8. The van der Waals surface area contributed by atoms with Crippen molar-refractivity contribution < 1.29 is 48.5 Å². The number of nitrogens with one attached hydrogen (secondary N) is 1. The second-order valence-electron chi connectivity index (χ2n) is 10.8. The van der Waals surface area contributed by atoms with Crippen LogP contribution < -0.4 is 5.32 Å². The van der Waals surface area contributed by atoms with E-state index in [-0.39, 0.29) is 49.0 Å². The van der Waals surface area contributed by atoms with Crippen LogP contribution in [0.25, 0.3) is 0 Å². The fourth-order valence-electron chi connectivity index (χ4n) is 5.07. The Kier molecular flexibility index (Phi) is 16.3. The van der Waals surface area contributed by atoms with Gasteiger partial charge in [-0.2, -0.15) is 13.2 Å². The third kappa shape index (κ3) is 14.2. The lowest BCUT2D eigenvalue weighted by atomic mass is 9.89. The maximum absolute atomic E-state index is 12.9. The number of hydrogen-bond acceptors (Lipinski definition) is 8. The van der Waals surface area contributed by atoms with Crippen LogP contribution in [-0.4, -0.2) is 68.5 Å². The number of halogens is 3. The molecular weight excluding hydrogens is 557 g/mol. The number of hydrogen-bond donors (Lipinski definition) is 6. The summed E-state index contributed by atoms with van der Waals surface area (Å²) in [5, 5.41) is 50.6. The van der Waals surface area contributed by atoms with E-state index in [1.807, 2.05) is 12.2 Å². The second kappa shape index (κ2) is 19.1. The van der Waals surface area contributed by atoms with Crippen molar-refractivity contribution in [3.63, 3.8) is 0 Å². The van der Waals surface area contributed by atoms with Crippen molar-refractivity contribution in [3.8, 4) is 0 Å². The Hall–Kier alpha value is -2.32. The van der Waals surface area contributed by atoms with Crippen LogP contribution in [0.3, 0.4) is 0 Å². The van der Waals surface area contributed by atoms with E-state index in [0.29, 0.717) is 44.2 Å². The fourth-order valence-corrected chi connectivity index (χ4v) is 5.07. The Morgan fingerprint density at radius 2 is 1.86 bits per heavy atom. The molecule has 0 heterocycles. The van der Waals surface area contributed by atoms with Gasteiger partial charge in [0.15, 0.2) is 0 Å². The quantitative estimate of drug-likeness (QED) is 0.0759. The molecule has 5 atom stereocenters. The second-order valence-corrected chi connectivity index (χ2v) is 10.8. The van der Waals surface area contributed by atoms with Crippen LogP contribution >= 0.6 is 0 Å². The lowest BCUT2D eigenvalue weighted by Crippen LogP contribution is -2.23. The van der Waals surface area contributed by atoms with Gasteiger partial charge in [0.1, 0.15) is 0 Å². The van der Waals surface area contributed by atoms with E-state index in [1.54, 1.807) is 18.2 Å². The number of aryl methyl sites for hydroxylation is 1. The number of aliphatic hydroxyl groups is 3. The molecule has 0 spiro atoms. The number of amides is 1. The highest BCUT2D eigenvalue weighted by molar-refractivity contribution is 5.75. The Bertz CT molecular complexity index is 974. The zero-order chi connectivity index (χ0) is 31.0. The van der Waals surface area contributed by atoms with Gasteiger partial charge in [0, 0.05) is 25.3 Å². The summed E-state index contributed by atoms with van der Waals surface area (Å²) in [6.07, 6.45) is 6.63. The summed E-state index contributed by atoms with van der Waals surface area (Å²) >= 11 is 0. The average molecular weight is 603 g/mol. The van der Waals surface area contributed by atoms with Gasteiger partial charge in [-0.3, -0.25) is 20.0 Å². The van der Waals surface area contributed by atoms with Gasteiger partial charge in [-0.05, 0) is 62.5 Å². The van der Waals surface area contributed by atoms with Gasteiger partial charge in [-0.15, -0.1) is 0 Å². The first-order valence-corrected chi connectivity index (χ1v) is 14.6. The molecule has 1 amide bonds. The predicted molar refractivity (Wildman–Crippen MR) is 149 cm³/mol. The van der Waals surface area contributed by atoms with Gasteiger partial charge < -0.3 is 20.6 Å². The largest absolute Gasteiger partial charge is 0.416 e. The molecule has 0 unspecified atom stereocenters. The lowest BCUT2D eigenvalue weighted by Gasteiger charge is -2.19. The van der Waals surface area contributed by atoms with Crippen LogP contribution in [0.15, 0.2) is 48.6 Å².